The number of nitrogens with one attached hydrogen (secondary N) is 1. The summed E-state index contributed by atoms with van der Waals surface area (Å²) in [5.41, 5.74) is 2.87. The lowest BCUT2D eigenvalue weighted by Crippen LogP contribution is -2.45. The van der Waals surface area contributed by atoms with Gasteiger partial charge in [0.25, 0.3) is 0 Å². The van der Waals surface area contributed by atoms with Gasteiger partial charge in [-0.3, -0.25) is 9.69 Å². The Bertz CT molecular complexity index is 1170. The molecule has 36 heavy (non-hydrogen) atoms. The van der Waals surface area contributed by atoms with Crippen molar-refractivity contribution < 1.29 is 27.1 Å². The number of hydrogen-bond acceptors (Lipinski definition) is 6. The number of alkyl halides is 3. The number of hydrogen-bond donors (Lipinski definition) is 1. The minimum absolute atomic E-state index is 0.125. The highest BCUT2D eigenvalue weighted by atomic mass is 19.4. The maximum absolute atomic E-state index is 14.1. The van der Waals surface area contributed by atoms with Gasteiger partial charge in [-0.1, -0.05) is 0 Å². The van der Waals surface area contributed by atoms with Crippen molar-refractivity contribution in [3.63, 3.8) is 0 Å². The first-order valence-electron chi connectivity index (χ1n) is 12.3. The monoisotopic (exact) mass is 505 g/mol. The summed E-state index contributed by atoms with van der Waals surface area (Å²) in [5, 5.41) is 3.25. The number of morpholine rings is 1. The molecule has 1 aromatic heterocycles. The number of aromatic nitrogens is 1. The molecule has 5 heterocycles. The van der Waals surface area contributed by atoms with E-state index in [0.717, 1.165) is 24.8 Å². The number of pyridine rings is 1. The first kappa shape index (κ1) is 23.5. The van der Waals surface area contributed by atoms with Gasteiger partial charge in [-0.05, 0) is 56.6 Å². The molecule has 0 saturated carbocycles. The average molecular weight is 506 g/mol. The average Bonchev–Trinajstić information content (AvgIpc) is 3.43. The summed E-state index contributed by atoms with van der Waals surface area (Å²) in [4.78, 5) is 23.3. The smallest absolute Gasteiger partial charge is 0.374 e. The fraction of sp³-hybridized carbons (Fsp3) is 0.520. The quantitative estimate of drug-likeness (QED) is 0.635. The van der Waals surface area contributed by atoms with Crippen LogP contribution in [0.4, 0.5) is 40.4 Å². The standard InChI is InChI=1S/C25H27F4N5O2/c26-17-7-16-11-34(24(35)15-3-5-32(6-4-15)14-25(27,28)29)22-9-18(33-12-20-8-19(33)13-36-20)1-2-21(22)31-23(16)30-10-17/h1-2,7,9-10,15,19-20H,3-6,8,11-14H2,(H,30,31). The van der Waals surface area contributed by atoms with Gasteiger partial charge in [-0.2, -0.15) is 13.2 Å². The molecule has 2 bridgehead atoms. The molecule has 2 atom stereocenters. The minimum atomic E-state index is -4.26. The molecule has 3 saturated heterocycles. The van der Waals surface area contributed by atoms with E-state index in [2.05, 4.69) is 15.2 Å². The van der Waals surface area contributed by atoms with Crippen molar-refractivity contribution in [3.05, 3.63) is 41.8 Å². The number of carbonyl (C=O) groups is 1. The normalized spacial score (nSPS) is 24.3. The van der Waals surface area contributed by atoms with Gasteiger partial charge in [0.1, 0.15) is 11.6 Å². The lowest BCUT2D eigenvalue weighted by molar-refractivity contribution is -0.149. The highest BCUT2D eigenvalue weighted by Gasteiger charge is 2.40. The number of likely N-dealkylation sites (tertiary alicyclic amines) is 1. The number of carbonyl (C=O) groups excluding carboxylic acids is 1. The molecule has 0 spiro atoms. The van der Waals surface area contributed by atoms with E-state index in [1.54, 1.807) is 4.90 Å². The van der Waals surface area contributed by atoms with E-state index in [-0.39, 0.29) is 31.6 Å². The Kier molecular flexibility index (Phi) is 5.79. The summed E-state index contributed by atoms with van der Waals surface area (Å²) in [6.07, 6.45) is -1.26. The number of nitrogens with zero attached hydrogens (tertiary/aromatic N) is 4. The highest BCUT2D eigenvalue weighted by Crippen LogP contribution is 2.41. The molecule has 4 aliphatic heterocycles. The van der Waals surface area contributed by atoms with Gasteiger partial charge >= 0.3 is 6.18 Å². The zero-order valence-electron chi connectivity index (χ0n) is 19.6. The van der Waals surface area contributed by atoms with E-state index in [1.807, 2.05) is 18.2 Å². The van der Waals surface area contributed by atoms with Crippen LogP contribution in [0.25, 0.3) is 0 Å². The summed E-state index contributed by atoms with van der Waals surface area (Å²) < 4.78 is 58.3. The summed E-state index contributed by atoms with van der Waals surface area (Å²) in [5.74, 6) is -0.590. The van der Waals surface area contributed by atoms with Gasteiger partial charge in [0, 0.05) is 23.7 Å². The molecule has 4 aliphatic rings. The number of fused-ring (bicyclic) bond motifs is 4. The van der Waals surface area contributed by atoms with E-state index in [9.17, 15) is 22.4 Å². The molecular weight excluding hydrogens is 478 g/mol. The van der Waals surface area contributed by atoms with Crippen molar-refractivity contribution in [1.82, 2.24) is 9.88 Å². The second-order valence-electron chi connectivity index (χ2n) is 10.1. The third-order valence-electron chi connectivity index (χ3n) is 7.62. The number of benzene rings is 1. The maximum Gasteiger partial charge on any atom is 0.401 e. The number of halogens is 4. The predicted molar refractivity (Wildman–Crippen MR) is 126 cm³/mol. The van der Waals surface area contributed by atoms with E-state index in [0.29, 0.717) is 48.2 Å². The summed E-state index contributed by atoms with van der Waals surface area (Å²) in [6.45, 7) is 1.04. The topological polar surface area (TPSA) is 60.9 Å². The van der Waals surface area contributed by atoms with E-state index in [1.165, 1.54) is 11.0 Å². The van der Waals surface area contributed by atoms with Crippen molar-refractivity contribution in [2.45, 2.75) is 44.1 Å². The van der Waals surface area contributed by atoms with Crippen LogP contribution >= 0.6 is 0 Å². The van der Waals surface area contributed by atoms with Crippen LogP contribution in [0.2, 0.25) is 0 Å². The van der Waals surface area contributed by atoms with Crippen molar-refractivity contribution >= 4 is 28.8 Å². The fourth-order valence-corrected chi connectivity index (χ4v) is 5.85. The molecule has 6 rings (SSSR count). The van der Waals surface area contributed by atoms with Gasteiger partial charge in [0.05, 0.1) is 49.4 Å². The molecule has 1 aromatic carbocycles. The molecule has 192 valence electrons. The van der Waals surface area contributed by atoms with Gasteiger partial charge in [-0.25, -0.2) is 9.37 Å². The second kappa shape index (κ2) is 8.88. The minimum Gasteiger partial charge on any atom is -0.374 e. The summed E-state index contributed by atoms with van der Waals surface area (Å²) in [7, 11) is 0. The molecule has 1 amide bonds. The molecular formula is C25H27F4N5O2. The number of anilines is 4. The number of rotatable bonds is 3. The van der Waals surface area contributed by atoms with Crippen molar-refractivity contribution in [2.24, 2.45) is 5.92 Å². The molecule has 3 fully saturated rings. The number of amides is 1. The first-order valence-corrected chi connectivity index (χ1v) is 12.3. The van der Waals surface area contributed by atoms with Crippen molar-refractivity contribution in [1.29, 1.82) is 0 Å². The van der Waals surface area contributed by atoms with Crippen LogP contribution in [0.1, 0.15) is 24.8 Å². The third kappa shape index (κ3) is 4.50. The predicted octanol–water partition coefficient (Wildman–Crippen LogP) is 4.06. The SMILES string of the molecule is O=C(C1CCN(CC(F)(F)F)CC1)N1Cc2cc(F)cnc2Nc2ccc(N3CC4CC3CO4)cc21. The lowest BCUT2D eigenvalue weighted by Gasteiger charge is -2.35. The summed E-state index contributed by atoms with van der Waals surface area (Å²) >= 11 is 0. The molecule has 2 unspecified atom stereocenters. The van der Waals surface area contributed by atoms with Gasteiger partial charge in [-0.15, -0.1) is 0 Å². The van der Waals surface area contributed by atoms with Crippen LogP contribution in [0.3, 0.4) is 0 Å². The maximum atomic E-state index is 14.1. The molecule has 0 radical (unpaired) electrons. The van der Waals surface area contributed by atoms with Crippen LogP contribution in [0, 0.1) is 11.7 Å². The molecule has 2 aromatic rings. The lowest BCUT2D eigenvalue weighted by atomic mass is 9.94. The number of piperidine rings is 1. The Morgan fingerprint density at radius 3 is 2.69 bits per heavy atom. The van der Waals surface area contributed by atoms with Gasteiger partial charge in [0.2, 0.25) is 5.91 Å². The fourth-order valence-electron chi connectivity index (χ4n) is 5.85. The Morgan fingerprint density at radius 1 is 1.19 bits per heavy atom. The molecule has 1 N–H and O–H groups in total. The second-order valence-corrected chi connectivity index (χ2v) is 10.1. The van der Waals surface area contributed by atoms with Gasteiger partial charge < -0.3 is 19.9 Å². The Labute approximate surface area is 206 Å². The van der Waals surface area contributed by atoms with E-state index >= 15 is 0 Å². The van der Waals surface area contributed by atoms with Crippen molar-refractivity contribution in [2.75, 3.05) is 47.9 Å². The molecule has 11 heteroatoms. The zero-order chi connectivity index (χ0) is 25.0. The molecule has 0 aliphatic carbocycles. The Balaban J connectivity index is 1.30. The van der Waals surface area contributed by atoms with Gasteiger partial charge in [0.15, 0.2) is 0 Å². The Hall–Kier alpha value is -2.92. The van der Waals surface area contributed by atoms with E-state index in [4.69, 9.17) is 4.74 Å². The van der Waals surface area contributed by atoms with Crippen LogP contribution < -0.4 is 15.1 Å². The van der Waals surface area contributed by atoms with E-state index < -0.39 is 24.5 Å². The van der Waals surface area contributed by atoms with Crippen LogP contribution in [-0.4, -0.2) is 66.9 Å². The van der Waals surface area contributed by atoms with Crippen molar-refractivity contribution in [3.8, 4) is 0 Å². The Morgan fingerprint density at radius 2 is 2.00 bits per heavy atom. The largest absolute Gasteiger partial charge is 0.401 e. The highest BCUT2D eigenvalue weighted by molar-refractivity contribution is 6.00. The first-order chi connectivity index (χ1) is 17.2. The van der Waals surface area contributed by atoms with Crippen LogP contribution in [0.5, 0.6) is 0 Å². The third-order valence-corrected chi connectivity index (χ3v) is 7.62. The number of ether oxygens (including phenoxy) is 1. The van der Waals surface area contributed by atoms with Crippen LogP contribution in [-0.2, 0) is 16.1 Å². The summed E-state index contributed by atoms with van der Waals surface area (Å²) in [6, 6.07) is 7.54. The molecule has 7 nitrogen and oxygen atoms in total. The van der Waals surface area contributed by atoms with Crippen LogP contribution in [0.15, 0.2) is 30.5 Å². The zero-order valence-corrected chi connectivity index (χ0v) is 19.6.